The highest BCUT2D eigenvalue weighted by atomic mass is 16.2. The maximum Gasteiger partial charge on any atom is 0.238 e. The van der Waals surface area contributed by atoms with E-state index in [0.29, 0.717) is 30.5 Å². The first-order chi connectivity index (χ1) is 14.9. The van der Waals surface area contributed by atoms with Crippen LogP contribution in [-0.2, 0) is 20.9 Å². The lowest BCUT2D eigenvalue weighted by Gasteiger charge is -2.26. The van der Waals surface area contributed by atoms with E-state index in [1.165, 1.54) is 6.92 Å². The molecular weight excluding hydrogens is 392 g/mol. The summed E-state index contributed by atoms with van der Waals surface area (Å²) in [6.45, 7) is 4.95. The molecule has 0 radical (unpaired) electrons. The number of benzene rings is 2. The number of carbonyl (C=O) groups excluding carboxylic acids is 3. The van der Waals surface area contributed by atoms with Crippen molar-refractivity contribution in [1.82, 2.24) is 9.80 Å². The quantitative estimate of drug-likeness (QED) is 0.617. The molecule has 0 heterocycles. The Kier molecular flexibility index (Phi) is 7.78. The van der Waals surface area contributed by atoms with Gasteiger partial charge in [0.05, 0.1) is 13.1 Å². The molecule has 3 rings (SSSR count). The Morgan fingerprint density at radius 1 is 0.903 bits per heavy atom. The lowest BCUT2D eigenvalue weighted by Crippen LogP contribution is -2.43. The minimum absolute atomic E-state index is 0.0562. The minimum atomic E-state index is -0.178. The van der Waals surface area contributed by atoms with Crippen molar-refractivity contribution in [2.45, 2.75) is 39.3 Å². The first-order valence-corrected chi connectivity index (χ1v) is 10.7. The summed E-state index contributed by atoms with van der Waals surface area (Å²) in [5.41, 5.74) is 2.43. The molecule has 3 amide bonds. The van der Waals surface area contributed by atoms with Crippen molar-refractivity contribution in [2.75, 3.05) is 30.3 Å². The van der Waals surface area contributed by atoms with E-state index in [1.807, 2.05) is 47.1 Å². The maximum absolute atomic E-state index is 13.0. The number of carbonyl (C=O) groups is 3. The molecule has 0 aliphatic heterocycles. The second-order valence-electron chi connectivity index (χ2n) is 7.85. The molecule has 1 saturated carbocycles. The monoisotopic (exact) mass is 422 g/mol. The van der Waals surface area contributed by atoms with Crippen LogP contribution >= 0.6 is 0 Å². The van der Waals surface area contributed by atoms with Crippen molar-refractivity contribution in [3.63, 3.8) is 0 Å². The van der Waals surface area contributed by atoms with Crippen LogP contribution in [0.15, 0.2) is 54.6 Å². The summed E-state index contributed by atoms with van der Waals surface area (Å²) in [5, 5.41) is 5.53. The van der Waals surface area contributed by atoms with Crippen LogP contribution in [0, 0.1) is 0 Å². The zero-order valence-corrected chi connectivity index (χ0v) is 18.1. The Morgan fingerprint density at radius 3 is 2.06 bits per heavy atom. The van der Waals surface area contributed by atoms with Gasteiger partial charge < -0.3 is 15.5 Å². The summed E-state index contributed by atoms with van der Waals surface area (Å²) in [4.78, 5) is 40.4. The van der Waals surface area contributed by atoms with Gasteiger partial charge >= 0.3 is 0 Å². The highest BCUT2D eigenvalue weighted by Crippen LogP contribution is 2.28. The lowest BCUT2D eigenvalue weighted by atomic mass is 10.2. The number of amides is 3. The SMILES string of the molecule is CCN(CC(=O)Nc1ccc(NC(C)=O)cc1)CC(=O)N(Cc1ccccc1)C1CC1. The molecule has 2 N–H and O–H groups in total. The molecular formula is C24H30N4O3. The number of likely N-dealkylation sites (N-methyl/N-ethyl adjacent to an activating group) is 1. The second-order valence-corrected chi connectivity index (χ2v) is 7.85. The van der Waals surface area contributed by atoms with Gasteiger partial charge in [-0.05, 0) is 49.2 Å². The zero-order valence-electron chi connectivity index (χ0n) is 18.1. The average molecular weight is 423 g/mol. The van der Waals surface area contributed by atoms with Crippen molar-refractivity contribution >= 4 is 29.1 Å². The van der Waals surface area contributed by atoms with E-state index >= 15 is 0 Å². The third-order valence-corrected chi connectivity index (χ3v) is 5.17. The molecule has 7 nitrogen and oxygen atoms in total. The Balaban J connectivity index is 1.53. The predicted molar refractivity (Wildman–Crippen MR) is 122 cm³/mol. The average Bonchev–Trinajstić information content (AvgIpc) is 3.58. The highest BCUT2D eigenvalue weighted by Gasteiger charge is 2.33. The van der Waals surface area contributed by atoms with Crippen LogP contribution in [0.3, 0.4) is 0 Å². The van der Waals surface area contributed by atoms with Crippen LogP contribution in [0.5, 0.6) is 0 Å². The van der Waals surface area contributed by atoms with Crippen LogP contribution in [0.2, 0.25) is 0 Å². The molecule has 164 valence electrons. The molecule has 7 heteroatoms. The molecule has 0 saturated heterocycles. The Labute approximate surface area is 183 Å². The van der Waals surface area contributed by atoms with Crippen LogP contribution in [0.25, 0.3) is 0 Å². The molecule has 0 unspecified atom stereocenters. The summed E-state index contributed by atoms with van der Waals surface area (Å²) < 4.78 is 0. The van der Waals surface area contributed by atoms with Gasteiger partial charge in [0.1, 0.15) is 0 Å². The normalized spacial score (nSPS) is 13.0. The molecule has 0 aromatic heterocycles. The van der Waals surface area contributed by atoms with Crippen molar-refractivity contribution in [2.24, 2.45) is 0 Å². The second kappa shape index (κ2) is 10.7. The van der Waals surface area contributed by atoms with Gasteiger partial charge in [0.2, 0.25) is 17.7 Å². The third kappa shape index (κ3) is 7.22. The molecule has 2 aromatic carbocycles. The van der Waals surface area contributed by atoms with Crippen LogP contribution in [0.1, 0.15) is 32.3 Å². The molecule has 31 heavy (non-hydrogen) atoms. The fourth-order valence-electron chi connectivity index (χ4n) is 3.39. The Hall–Kier alpha value is -3.19. The van der Waals surface area contributed by atoms with Crippen LogP contribution < -0.4 is 10.6 Å². The summed E-state index contributed by atoms with van der Waals surface area (Å²) >= 11 is 0. The smallest absolute Gasteiger partial charge is 0.238 e. The number of anilines is 2. The van der Waals surface area contributed by atoms with Gasteiger partial charge in [0, 0.05) is 30.9 Å². The summed E-state index contributed by atoms with van der Waals surface area (Å²) in [6.07, 6.45) is 2.08. The molecule has 2 aromatic rings. The number of nitrogens with one attached hydrogen (secondary N) is 2. The standard InChI is InChI=1S/C24H30N4O3/c1-3-27(16-23(30)26-21-11-9-20(10-12-21)25-18(2)29)17-24(31)28(22-13-14-22)15-19-7-5-4-6-8-19/h4-12,22H,3,13-17H2,1-2H3,(H,25,29)(H,26,30). The lowest BCUT2D eigenvalue weighted by molar-refractivity contribution is -0.134. The van der Waals surface area contributed by atoms with E-state index in [9.17, 15) is 14.4 Å². The van der Waals surface area contributed by atoms with Gasteiger partial charge in [-0.3, -0.25) is 19.3 Å². The highest BCUT2D eigenvalue weighted by molar-refractivity contribution is 5.93. The molecule has 1 fully saturated rings. The molecule has 1 aliphatic rings. The van der Waals surface area contributed by atoms with Gasteiger partial charge in [-0.2, -0.15) is 0 Å². The summed E-state index contributed by atoms with van der Waals surface area (Å²) in [7, 11) is 0. The largest absolute Gasteiger partial charge is 0.334 e. The van der Waals surface area contributed by atoms with Crippen LogP contribution in [-0.4, -0.2) is 53.2 Å². The van der Waals surface area contributed by atoms with Crippen LogP contribution in [0.4, 0.5) is 11.4 Å². The van der Waals surface area contributed by atoms with Crippen molar-refractivity contribution in [1.29, 1.82) is 0 Å². The Bertz CT molecular complexity index is 895. The predicted octanol–water partition coefficient (Wildman–Crippen LogP) is 3.10. The summed E-state index contributed by atoms with van der Waals surface area (Å²) in [5.74, 6) is -0.267. The molecule has 0 spiro atoms. The minimum Gasteiger partial charge on any atom is -0.334 e. The van der Waals surface area contributed by atoms with E-state index in [0.717, 1.165) is 18.4 Å². The number of rotatable bonds is 10. The fourth-order valence-corrected chi connectivity index (χ4v) is 3.39. The van der Waals surface area contributed by atoms with Gasteiger partial charge in [-0.1, -0.05) is 37.3 Å². The van der Waals surface area contributed by atoms with Crippen molar-refractivity contribution in [3.8, 4) is 0 Å². The van der Waals surface area contributed by atoms with Crippen molar-refractivity contribution < 1.29 is 14.4 Å². The van der Waals surface area contributed by atoms with Gasteiger partial charge in [-0.15, -0.1) is 0 Å². The van der Waals surface area contributed by atoms with E-state index in [-0.39, 0.29) is 30.8 Å². The zero-order chi connectivity index (χ0) is 22.2. The third-order valence-electron chi connectivity index (χ3n) is 5.17. The molecule has 0 atom stereocenters. The number of nitrogens with zero attached hydrogens (tertiary/aromatic N) is 2. The number of hydrogen-bond acceptors (Lipinski definition) is 4. The molecule has 0 bridgehead atoms. The Morgan fingerprint density at radius 2 is 1.52 bits per heavy atom. The number of hydrogen-bond donors (Lipinski definition) is 2. The van der Waals surface area contributed by atoms with Gasteiger partial charge in [-0.25, -0.2) is 0 Å². The maximum atomic E-state index is 13.0. The van der Waals surface area contributed by atoms with Gasteiger partial charge in [0.15, 0.2) is 0 Å². The van der Waals surface area contributed by atoms with E-state index in [2.05, 4.69) is 10.6 Å². The van der Waals surface area contributed by atoms with E-state index in [1.54, 1.807) is 24.3 Å². The fraction of sp³-hybridized carbons (Fsp3) is 0.375. The first-order valence-electron chi connectivity index (χ1n) is 10.7. The molecule has 1 aliphatic carbocycles. The topological polar surface area (TPSA) is 81.8 Å². The van der Waals surface area contributed by atoms with E-state index in [4.69, 9.17) is 0 Å². The van der Waals surface area contributed by atoms with Crippen molar-refractivity contribution in [3.05, 3.63) is 60.2 Å². The first kappa shape index (κ1) is 22.5. The summed E-state index contributed by atoms with van der Waals surface area (Å²) in [6, 6.07) is 17.2. The van der Waals surface area contributed by atoms with E-state index < -0.39 is 0 Å². The van der Waals surface area contributed by atoms with Gasteiger partial charge in [0.25, 0.3) is 0 Å².